The molecule has 5 rings (SSSR count). The van der Waals surface area contributed by atoms with Crippen molar-refractivity contribution >= 4 is 28.2 Å². The maximum Gasteiger partial charge on any atom is 0.295 e. The van der Waals surface area contributed by atoms with Gasteiger partial charge >= 0.3 is 0 Å². The lowest BCUT2D eigenvalue weighted by Crippen LogP contribution is -2.29. The number of carbonyl (C=O) groups excluding carboxylic acids is 2. The zero-order valence-electron chi connectivity index (χ0n) is 17.5. The number of fused-ring (bicyclic) bond motifs is 1. The number of rotatable bonds is 4. The molecule has 1 saturated heterocycles. The van der Waals surface area contributed by atoms with Crippen LogP contribution >= 0.6 is 0 Å². The molecule has 1 unspecified atom stereocenters. The lowest BCUT2D eigenvalue weighted by Gasteiger charge is -2.25. The molecule has 1 fully saturated rings. The Labute approximate surface area is 189 Å². The summed E-state index contributed by atoms with van der Waals surface area (Å²) in [6.07, 6.45) is 3.17. The lowest BCUT2D eigenvalue weighted by molar-refractivity contribution is -0.140. The van der Waals surface area contributed by atoms with E-state index in [1.165, 1.54) is 17.0 Å². The highest BCUT2D eigenvalue weighted by molar-refractivity contribution is 6.46. The van der Waals surface area contributed by atoms with Gasteiger partial charge in [-0.15, -0.1) is 0 Å². The molecule has 6 heteroatoms. The van der Waals surface area contributed by atoms with E-state index in [0.717, 1.165) is 10.8 Å². The summed E-state index contributed by atoms with van der Waals surface area (Å²) in [5, 5.41) is 13.0. The summed E-state index contributed by atoms with van der Waals surface area (Å²) in [5.41, 5.74) is 1.74. The molecule has 1 aliphatic rings. The van der Waals surface area contributed by atoms with E-state index in [1.54, 1.807) is 48.8 Å². The van der Waals surface area contributed by atoms with Crippen molar-refractivity contribution in [3.63, 3.8) is 0 Å². The van der Waals surface area contributed by atoms with E-state index in [4.69, 9.17) is 0 Å². The Kier molecular flexibility index (Phi) is 5.18. The molecule has 3 aromatic carbocycles. The summed E-state index contributed by atoms with van der Waals surface area (Å²) in [6.45, 7) is 0.0801. The molecular formula is C27H19FN2O3. The highest BCUT2D eigenvalue weighted by atomic mass is 19.1. The second-order valence-corrected chi connectivity index (χ2v) is 7.87. The second-order valence-electron chi connectivity index (χ2n) is 7.87. The predicted octanol–water partition coefficient (Wildman–Crippen LogP) is 5.00. The molecule has 4 aromatic rings. The van der Waals surface area contributed by atoms with E-state index in [-0.39, 0.29) is 23.7 Å². The van der Waals surface area contributed by atoms with Crippen LogP contribution in [0.25, 0.3) is 16.5 Å². The molecule has 0 spiro atoms. The summed E-state index contributed by atoms with van der Waals surface area (Å²) in [5.74, 6) is -2.12. The number of aromatic nitrogens is 1. The van der Waals surface area contributed by atoms with Crippen molar-refractivity contribution in [2.45, 2.75) is 12.6 Å². The number of aliphatic hydroxyl groups excluding tert-OH is 1. The fourth-order valence-corrected chi connectivity index (χ4v) is 4.29. The van der Waals surface area contributed by atoms with E-state index in [9.17, 15) is 19.1 Å². The van der Waals surface area contributed by atoms with Crippen LogP contribution in [0.2, 0.25) is 0 Å². The van der Waals surface area contributed by atoms with Crippen molar-refractivity contribution in [3.8, 4) is 0 Å². The lowest BCUT2D eigenvalue weighted by atomic mass is 9.94. The first-order valence-corrected chi connectivity index (χ1v) is 10.5. The molecule has 0 bridgehead atoms. The average molecular weight is 438 g/mol. The van der Waals surface area contributed by atoms with Gasteiger partial charge in [0.15, 0.2) is 0 Å². The van der Waals surface area contributed by atoms with Crippen molar-refractivity contribution in [2.75, 3.05) is 0 Å². The number of halogens is 1. The minimum absolute atomic E-state index is 0.00599. The van der Waals surface area contributed by atoms with Crippen molar-refractivity contribution in [1.82, 2.24) is 9.88 Å². The molecule has 1 N–H and O–H groups in total. The van der Waals surface area contributed by atoms with Crippen LogP contribution in [-0.2, 0) is 16.1 Å². The van der Waals surface area contributed by atoms with Crippen LogP contribution in [0.3, 0.4) is 0 Å². The predicted molar refractivity (Wildman–Crippen MR) is 122 cm³/mol. The smallest absolute Gasteiger partial charge is 0.295 e. The second kappa shape index (κ2) is 8.31. The fourth-order valence-electron chi connectivity index (χ4n) is 4.29. The van der Waals surface area contributed by atoms with Crippen molar-refractivity contribution in [3.05, 3.63) is 119 Å². The van der Waals surface area contributed by atoms with Gasteiger partial charge in [-0.25, -0.2) is 4.39 Å². The number of nitrogens with zero attached hydrogens (tertiary/aromatic N) is 2. The summed E-state index contributed by atoms with van der Waals surface area (Å²) in [4.78, 5) is 31.8. The number of hydrogen-bond donors (Lipinski definition) is 1. The van der Waals surface area contributed by atoms with Gasteiger partial charge in [-0.3, -0.25) is 14.6 Å². The van der Waals surface area contributed by atoms with Gasteiger partial charge in [0, 0.05) is 24.5 Å². The van der Waals surface area contributed by atoms with E-state index >= 15 is 0 Å². The van der Waals surface area contributed by atoms with Crippen LogP contribution in [-0.4, -0.2) is 26.7 Å². The number of aliphatic hydroxyl groups is 1. The number of hydrogen-bond acceptors (Lipinski definition) is 4. The van der Waals surface area contributed by atoms with Crippen LogP contribution in [0.4, 0.5) is 4.39 Å². The van der Waals surface area contributed by atoms with Crippen LogP contribution in [0.15, 0.2) is 96.8 Å². The SMILES string of the molecule is O=C1C(=O)N(Cc2ccc(F)cc2)C(c2cccnc2)/C1=C(/O)c1cccc2ccccc12. The zero-order chi connectivity index (χ0) is 22.9. The molecule has 33 heavy (non-hydrogen) atoms. The Morgan fingerprint density at radius 2 is 1.70 bits per heavy atom. The Hall–Kier alpha value is -4.32. The van der Waals surface area contributed by atoms with E-state index in [1.807, 2.05) is 30.3 Å². The third-order valence-corrected chi connectivity index (χ3v) is 5.85. The molecule has 162 valence electrons. The molecular weight excluding hydrogens is 419 g/mol. The van der Waals surface area contributed by atoms with E-state index < -0.39 is 17.7 Å². The quantitative estimate of drug-likeness (QED) is 0.277. The monoisotopic (exact) mass is 438 g/mol. The van der Waals surface area contributed by atoms with Gasteiger partial charge in [-0.1, -0.05) is 60.7 Å². The standard InChI is InChI=1S/C27H19FN2O3/c28-20-12-10-17(11-13-20)16-30-24(19-7-4-14-29-15-19)23(26(32)27(30)33)25(31)22-9-3-6-18-5-1-2-8-21(18)22/h1-15,24,31H,16H2/b25-23-. The number of likely N-dealkylation sites (tertiary alicyclic amines) is 1. The number of ketones is 1. The molecule has 1 aromatic heterocycles. The molecule has 0 saturated carbocycles. The normalized spacial score (nSPS) is 17.6. The summed E-state index contributed by atoms with van der Waals surface area (Å²) < 4.78 is 13.4. The highest BCUT2D eigenvalue weighted by Gasteiger charge is 2.46. The summed E-state index contributed by atoms with van der Waals surface area (Å²) in [6, 6.07) is 21.4. The first-order valence-electron chi connectivity index (χ1n) is 10.5. The van der Waals surface area contributed by atoms with E-state index in [0.29, 0.717) is 16.7 Å². The third-order valence-electron chi connectivity index (χ3n) is 5.85. The molecule has 1 atom stereocenters. The van der Waals surface area contributed by atoms with Gasteiger partial charge in [-0.2, -0.15) is 0 Å². The topological polar surface area (TPSA) is 70.5 Å². The minimum atomic E-state index is -0.831. The molecule has 1 amide bonds. The van der Waals surface area contributed by atoms with Crippen LogP contribution in [0.5, 0.6) is 0 Å². The minimum Gasteiger partial charge on any atom is -0.507 e. The Bertz CT molecular complexity index is 1390. The summed E-state index contributed by atoms with van der Waals surface area (Å²) in [7, 11) is 0. The van der Waals surface area contributed by atoms with Crippen molar-refractivity contribution in [1.29, 1.82) is 0 Å². The number of pyridine rings is 1. The van der Waals surface area contributed by atoms with Crippen LogP contribution < -0.4 is 0 Å². The Morgan fingerprint density at radius 1 is 0.939 bits per heavy atom. The van der Waals surface area contributed by atoms with Crippen molar-refractivity contribution in [2.24, 2.45) is 0 Å². The van der Waals surface area contributed by atoms with Crippen molar-refractivity contribution < 1.29 is 19.1 Å². The number of carbonyl (C=O) groups is 2. The van der Waals surface area contributed by atoms with Gasteiger partial charge in [0.1, 0.15) is 11.6 Å². The van der Waals surface area contributed by atoms with Gasteiger partial charge in [0.25, 0.3) is 11.7 Å². The summed E-state index contributed by atoms with van der Waals surface area (Å²) >= 11 is 0. The Balaban J connectivity index is 1.69. The van der Waals surface area contributed by atoms with Crippen LogP contribution in [0.1, 0.15) is 22.7 Å². The van der Waals surface area contributed by atoms with Gasteiger partial charge < -0.3 is 10.0 Å². The number of benzene rings is 3. The molecule has 1 aliphatic heterocycles. The zero-order valence-corrected chi connectivity index (χ0v) is 17.5. The number of amides is 1. The molecule has 2 heterocycles. The van der Waals surface area contributed by atoms with Gasteiger partial charge in [0.2, 0.25) is 0 Å². The molecule has 5 nitrogen and oxygen atoms in total. The van der Waals surface area contributed by atoms with E-state index in [2.05, 4.69) is 4.98 Å². The maximum absolute atomic E-state index is 13.4. The van der Waals surface area contributed by atoms with Crippen LogP contribution in [0, 0.1) is 5.82 Å². The first-order chi connectivity index (χ1) is 16.0. The Morgan fingerprint density at radius 3 is 2.45 bits per heavy atom. The number of Topliss-reactive ketones (excluding diaryl/α,β-unsaturated/α-hetero) is 1. The molecule has 0 aliphatic carbocycles. The third kappa shape index (κ3) is 3.65. The maximum atomic E-state index is 13.4. The first kappa shape index (κ1) is 20.6. The highest BCUT2D eigenvalue weighted by Crippen LogP contribution is 2.41. The largest absolute Gasteiger partial charge is 0.507 e. The van der Waals surface area contributed by atoms with Gasteiger partial charge in [0.05, 0.1) is 11.6 Å². The van der Waals surface area contributed by atoms with Gasteiger partial charge in [-0.05, 0) is 40.1 Å². The fraction of sp³-hybridized carbons (Fsp3) is 0.0741. The molecule has 0 radical (unpaired) electrons. The average Bonchev–Trinajstić information content (AvgIpc) is 3.10.